The molecule has 3 rings (SSSR count). The highest BCUT2D eigenvalue weighted by Gasteiger charge is 2.37. The van der Waals surface area contributed by atoms with Crippen molar-refractivity contribution in [1.82, 2.24) is 9.47 Å². The third-order valence-corrected chi connectivity index (χ3v) is 4.34. The zero-order valence-corrected chi connectivity index (χ0v) is 15.2. The first-order valence-electron chi connectivity index (χ1n) is 8.25. The lowest BCUT2D eigenvalue weighted by atomic mass is 9.88. The Morgan fingerprint density at radius 3 is 2.58 bits per heavy atom. The zero-order valence-electron chi connectivity index (χ0n) is 15.2. The van der Waals surface area contributed by atoms with Crippen LogP contribution in [0.5, 0.6) is 5.75 Å². The van der Waals surface area contributed by atoms with Crippen molar-refractivity contribution in [3.05, 3.63) is 74.2 Å². The number of aromatic nitrogens is 1. The SMILES string of the molecule is CN(C)CC1=C(n2ccccc2=O)c2cc([N+](=O)[O-])ccc2OC1(C)C. The first-order chi connectivity index (χ1) is 12.2. The molecule has 1 aliphatic heterocycles. The van der Waals surface area contributed by atoms with Crippen LogP contribution in [0.4, 0.5) is 5.69 Å². The maximum absolute atomic E-state index is 12.5. The molecule has 1 aliphatic rings. The molecular formula is C19H21N3O4. The summed E-state index contributed by atoms with van der Waals surface area (Å²) in [6.07, 6.45) is 1.68. The fourth-order valence-electron chi connectivity index (χ4n) is 3.16. The number of nitro benzene ring substituents is 1. The van der Waals surface area contributed by atoms with Crippen LogP contribution in [0, 0.1) is 10.1 Å². The molecule has 0 spiro atoms. The van der Waals surface area contributed by atoms with Crippen molar-refractivity contribution in [2.75, 3.05) is 20.6 Å². The van der Waals surface area contributed by atoms with Crippen molar-refractivity contribution < 1.29 is 9.66 Å². The molecule has 0 atom stereocenters. The Morgan fingerprint density at radius 1 is 1.23 bits per heavy atom. The van der Waals surface area contributed by atoms with Crippen LogP contribution in [0.2, 0.25) is 0 Å². The van der Waals surface area contributed by atoms with E-state index in [1.165, 1.54) is 22.8 Å². The number of ether oxygens (including phenoxy) is 1. The molecule has 0 fully saturated rings. The molecule has 0 aliphatic carbocycles. The second-order valence-corrected chi connectivity index (χ2v) is 7.02. The second-order valence-electron chi connectivity index (χ2n) is 7.02. The van der Waals surface area contributed by atoms with Gasteiger partial charge in [-0.05, 0) is 40.1 Å². The maximum Gasteiger partial charge on any atom is 0.270 e. The van der Waals surface area contributed by atoms with E-state index in [1.807, 2.05) is 32.8 Å². The molecule has 0 bridgehead atoms. The van der Waals surface area contributed by atoms with E-state index in [4.69, 9.17) is 4.74 Å². The summed E-state index contributed by atoms with van der Waals surface area (Å²) in [4.78, 5) is 25.3. The minimum atomic E-state index is -0.669. The molecule has 0 amide bonds. The van der Waals surface area contributed by atoms with Crippen molar-refractivity contribution in [1.29, 1.82) is 0 Å². The summed E-state index contributed by atoms with van der Waals surface area (Å²) in [5, 5.41) is 11.3. The topological polar surface area (TPSA) is 77.6 Å². The smallest absolute Gasteiger partial charge is 0.270 e. The summed E-state index contributed by atoms with van der Waals surface area (Å²) in [5.41, 5.74) is 1.15. The number of non-ortho nitro benzene ring substituents is 1. The minimum absolute atomic E-state index is 0.0438. The van der Waals surface area contributed by atoms with Gasteiger partial charge in [-0.2, -0.15) is 0 Å². The summed E-state index contributed by atoms with van der Waals surface area (Å²) in [6, 6.07) is 9.38. The maximum atomic E-state index is 12.5. The van der Waals surface area contributed by atoms with E-state index in [2.05, 4.69) is 0 Å². The van der Waals surface area contributed by atoms with Crippen molar-refractivity contribution in [3.63, 3.8) is 0 Å². The molecule has 0 saturated heterocycles. The largest absolute Gasteiger partial charge is 0.483 e. The molecule has 7 nitrogen and oxygen atoms in total. The van der Waals surface area contributed by atoms with E-state index in [-0.39, 0.29) is 11.2 Å². The quantitative estimate of drug-likeness (QED) is 0.622. The number of rotatable bonds is 4. The van der Waals surface area contributed by atoms with E-state index in [1.54, 1.807) is 24.4 Å². The van der Waals surface area contributed by atoms with Crippen molar-refractivity contribution >= 4 is 11.4 Å². The van der Waals surface area contributed by atoms with Gasteiger partial charge in [0.05, 0.1) is 10.6 Å². The molecule has 0 N–H and O–H groups in total. The van der Waals surface area contributed by atoms with E-state index < -0.39 is 10.5 Å². The first kappa shape index (κ1) is 17.9. The molecule has 136 valence electrons. The molecule has 2 heterocycles. The van der Waals surface area contributed by atoms with Crippen molar-refractivity contribution in [3.8, 4) is 5.75 Å². The molecule has 7 heteroatoms. The number of hydrogen-bond acceptors (Lipinski definition) is 5. The van der Waals surface area contributed by atoms with Crippen LogP contribution in [-0.2, 0) is 0 Å². The molecule has 1 aromatic heterocycles. The fourth-order valence-corrected chi connectivity index (χ4v) is 3.16. The van der Waals surface area contributed by atoms with Crippen LogP contribution >= 0.6 is 0 Å². The number of fused-ring (bicyclic) bond motifs is 1. The van der Waals surface area contributed by atoms with Gasteiger partial charge in [-0.3, -0.25) is 19.5 Å². The molecular weight excluding hydrogens is 334 g/mol. The van der Waals surface area contributed by atoms with E-state index in [0.29, 0.717) is 23.6 Å². The number of pyridine rings is 1. The monoisotopic (exact) mass is 355 g/mol. The highest BCUT2D eigenvalue weighted by atomic mass is 16.6. The van der Waals surface area contributed by atoms with E-state index in [0.717, 1.165) is 5.57 Å². The molecule has 1 aromatic carbocycles. The minimum Gasteiger partial charge on any atom is -0.483 e. The van der Waals surface area contributed by atoms with Crippen LogP contribution < -0.4 is 10.3 Å². The van der Waals surface area contributed by atoms with Crippen molar-refractivity contribution in [2.24, 2.45) is 0 Å². The standard InChI is InChI=1S/C19H21N3O4/c1-19(2)15(12-20(3)4)18(21-10-6-5-7-17(21)23)14-11-13(22(24)25)8-9-16(14)26-19/h5-11H,12H2,1-4H3. The number of nitrogens with zero attached hydrogens (tertiary/aromatic N) is 3. The first-order valence-corrected chi connectivity index (χ1v) is 8.25. The third kappa shape index (κ3) is 3.13. The van der Waals surface area contributed by atoms with Gasteiger partial charge in [0.2, 0.25) is 0 Å². The Labute approximate surface area is 151 Å². The predicted octanol–water partition coefficient (Wildman–Crippen LogP) is 2.75. The van der Waals surface area contributed by atoms with Crippen LogP contribution in [-0.4, -0.2) is 40.6 Å². The van der Waals surface area contributed by atoms with Gasteiger partial charge in [0, 0.05) is 42.1 Å². The zero-order chi connectivity index (χ0) is 19.1. The van der Waals surface area contributed by atoms with Gasteiger partial charge in [-0.1, -0.05) is 6.07 Å². The Morgan fingerprint density at radius 2 is 1.96 bits per heavy atom. The van der Waals surface area contributed by atoms with Gasteiger partial charge in [-0.15, -0.1) is 0 Å². The van der Waals surface area contributed by atoms with Gasteiger partial charge >= 0.3 is 0 Å². The lowest BCUT2D eigenvalue weighted by Gasteiger charge is -2.38. The number of nitro groups is 1. The Balaban J connectivity index is 2.38. The Hall–Kier alpha value is -2.93. The third-order valence-electron chi connectivity index (χ3n) is 4.34. The molecule has 26 heavy (non-hydrogen) atoms. The Bertz CT molecular complexity index is 957. The van der Waals surface area contributed by atoms with Gasteiger partial charge in [-0.25, -0.2) is 0 Å². The normalized spacial score (nSPS) is 15.6. The molecule has 2 aromatic rings. The molecule has 0 unspecified atom stereocenters. The van der Waals surface area contributed by atoms with Crippen LogP contribution in [0.15, 0.2) is 53.0 Å². The summed E-state index contributed by atoms with van der Waals surface area (Å²) in [5.74, 6) is 0.522. The van der Waals surface area contributed by atoms with Crippen LogP contribution in [0.3, 0.4) is 0 Å². The highest BCUT2D eigenvalue weighted by Crippen LogP contribution is 2.42. The average molecular weight is 355 g/mol. The summed E-state index contributed by atoms with van der Waals surface area (Å²) >= 11 is 0. The van der Waals surface area contributed by atoms with Gasteiger partial charge in [0.1, 0.15) is 11.4 Å². The van der Waals surface area contributed by atoms with Gasteiger partial charge in [0.15, 0.2) is 0 Å². The van der Waals surface area contributed by atoms with Gasteiger partial charge in [0.25, 0.3) is 11.2 Å². The lowest BCUT2D eigenvalue weighted by Crippen LogP contribution is -2.41. The fraction of sp³-hybridized carbons (Fsp3) is 0.316. The summed E-state index contributed by atoms with van der Waals surface area (Å²) in [7, 11) is 3.86. The number of likely N-dealkylation sites (N-methyl/N-ethyl adjacent to an activating group) is 1. The summed E-state index contributed by atoms with van der Waals surface area (Å²) in [6.45, 7) is 4.42. The number of hydrogen-bond donors (Lipinski definition) is 0. The highest BCUT2D eigenvalue weighted by molar-refractivity contribution is 5.78. The van der Waals surface area contributed by atoms with Crippen LogP contribution in [0.25, 0.3) is 5.70 Å². The predicted molar refractivity (Wildman–Crippen MR) is 99.4 cm³/mol. The average Bonchev–Trinajstić information content (AvgIpc) is 2.55. The number of benzene rings is 1. The van der Waals surface area contributed by atoms with Gasteiger partial charge < -0.3 is 9.64 Å². The second kappa shape index (κ2) is 6.42. The lowest BCUT2D eigenvalue weighted by molar-refractivity contribution is -0.384. The van der Waals surface area contributed by atoms with E-state index >= 15 is 0 Å². The summed E-state index contributed by atoms with van der Waals surface area (Å²) < 4.78 is 7.67. The van der Waals surface area contributed by atoms with Crippen LogP contribution in [0.1, 0.15) is 19.4 Å². The van der Waals surface area contributed by atoms with E-state index in [9.17, 15) is 14.9 Å². The van der Waals surface area contributed by atoms with Crippen molar-refractivity contribution in [2.45, 2.75) is 19.4 Å². The molecule has 0 saturated carbocycles. The Kier molecular flexibility index (Phi) is 4.41. The molecule has 0 radical (unpaired) electrons.